The molecule has 1 rings (SSSR count). The van der Waals surface area contributed by atoms with E-state index in [0.717, 1.165) is 24.3 Å². The maximum absolute atomic E-state index is 5.65. The first-order chi connectivity index (χ1) is 7.15. The smallest absolute Gasteiger partial charge is 0.221 e. The third-order valence-electron chi connectivity index (χ3n) is 2.12. The van der Waals surface area contributed by atoms with Crippen LogP contribution >= 0.6 is 0 Å². The van der Waals surface area contributed by atoms with Crippen LogP contribution in [-0.2, 0) is 0 Å². The summed E-state index contributed by atoms with van der Waals surface area (Å²) in [5.74, 6) is 1.41. The summed E-state index contributed by atoms with van der Waals surface area (Å²) in [6.45, 7) is 4.71. The van der Waals surface area contributed by atoms with Crippen LogP contribution in [0, 0.1) is 6.92 Å². The van der Waals surface area contributed by atoms with E-state index >= 15 is 0 Å². The number of aromatic nitrogens is 2. The van der Waals surface area contributed by atoms with Gasteiger partial charge in [0.1, 0.15) is 12.1 Å². The van der Waals surface area contributed by atoms with Gasteiger partial charge < -0.3 is 15.8 Å². The molecule has 1 heterocycles. The van der Waals surface area contributed by atoms with Crippen LogP contribution in [0.1, 0.15) is 18.9 Å². The van der Waals surface area contributed by atoms with Crippen LogP contribution in [0.2, 0.25) is 0 Å². The molecule has 15 heavy (non-hydrogen) atoms. The summed E-state index contributed by atoms with van der Waals surface area (Å²) >= 11 is 0. The zero-order valence-electron chi connectivity index (χ0n) is 9.45. The lowest BCUT2D eigenvalue weighted by Crippen LogP contribution is -2.19. The summed E-state index contributed by atoms with van der Waals surface area (Å²) in [5.41, 5.74) is 6.57. The van der Waals surface area contributed by atoms with E-state index in [1.807, 2.05) is 13.8 Å². The molecule has 1 unspecified atom stereocenters. The molecule has 0 fully saturated rings. The molecule has 0 radical (unpaired) electrons. The molecule has 1 aromatic heterocycles. The predicted octanol–water partition coefficient (Wildman–Crippen LogP) is 0.943. The average molecular weight is 210 g/mol. The summed E-state index contributed by atoms with van der Waals surface area (Å²) in [6.07, 6.45) is 2.39. The number of hydrogen-bond donors (Lipinski definition) is 2. The number of anilines is 1. The first-order valence-corrected chi connectivity index (χ1v) is 5.00. The Balaban J connectivity index is 2.61. The van der Waals surface area contributed by atoms with Crippen LogP contribution in [0.3, 0.4) is 0 Å². The third-order valence-corrected chi connectivity index (χ3v) is 2.12. The Morgan fingerprint density at radius 1 is 1.53 bits per heavy atom. The van der Waals surface area contributed by atoms with E-state index in [-0.39, 0.29) is 6.04 Å². The third kappa shape index (κ3) is 3.36. The molecule has 5 heteroatoms. The molecule has 5 nitrogen and oxygen atoms in total. The number of ether oxygens (including phenoxy) is 1. The van der Waals surface area contributed by atoms with Gasteiger partial charge in [-0.05, 0) is 20.3 Å². The molecule has 0 aromatic carbocycles. The molecular formula is C10H18N4O. The Kier molecular flexibility index (Phi) is 4.30. The van der Waals surface area contributed by atoms with Crippen molar-refractivity contribution in [2.24, 2.45) is 5.73 Å². The van der Waals surface area contributed by atoms with E-state index in [0.29, 0.717) is 5.88 Å². The Morgan fingerprint density at radius 2 is 2.27 bits per heavy atom. The van der Waals surface area contributed by atoms with Gasteiger partial charge in [0.25, 0.3) is 0 Å². The van der Waals surface area contributed by atoms with Crippen molar-refractivity contribution in [3.8, 4) is 5.88 Å². The van der Waals surface area contributed by atoms with Gasteiger partial charge in [-0.1, -0.05) is 0 Å². The standard InChI is InChI=1S/C10H18N4O/c1-7(11)4-5-12-9-8(2)10(15-3)14-6-13-9/h6-7H,4-5,11H2,1-3H3,(H,12,13,14). The van der Waals surface area contributed by atoms with Crippen LogP contribution < -0.4 is 15.8 Å². The predicted molar refractivity (Wildman–Crippen MR) is 60.1 cm³/mol. The zero-order chi connectivity index (χ0) is 11.3. The lowest BCUT2D eigenvalue weighted by molar-refractivity contribution is 0.393. The highest BCUT2D eigenvalue weighted by Crippen LogP contribution is 2.19. The minimum atomic E-state index is 0.196. The van der Waals surface area contributed by atoms with Crippen LogP contribution in [0.15, 0.2) is 6.33 Å². The van der Waals surface area contributed by atoms with Crippen molar-refractivity contribution in [3.05, 3.63) is 11.9 Å². The molecule has 0 bridgehead atoms. The lowest BCUT2D eigenvalue weighted by Gasteiger charge is -2.11. The number of methoxy groups -OCH3 is 1. The van der Waals surface area contributed by atoms with Crippen molar-refractivity contribution in [3.63, 3.8) is 0 Å². The van der Waals surface area contributed by atoms with Gasteiger partial charge in [0.2, 0.25) is 5.88 Å². The summed E-state index contributed by atoms with van der Waals surface area (Å²) in [5, 5.41) is 3.21. The number of rotatable bonds is 5. The Labute approximate surface area is 90.1 Å². The zero-order valence-corrected chi connectivity index (χ0v) is 9.45. The number of hydrogen-bond acceptors (Lipinski definition) is 5. The number of nitrogens with one attached hydrogen (secondary N) is 1. The van der Waals surface area contributed by atoms with E-state index in [4.69, 9.17) is 10.5 Å². The topological polar surface area (TPSA) is 73.1 Å². The van der Waals surface area contributed by atoms with Crippen molar-refractivity contribution < 1.29 is 4.74 Å². The number of nitrogens with two attached hydrogens (primary N) is 1. The van der Waals surface area contributed by atoms with E-state index in [1.165, 1.54) is 6.33 Å². The Hall–Kier alpha value is -1.36. The van der Waals surface area contributed by atoms with E-state index in [9.17, 15) is 0 Å². The van der Waals surface area contributed by atoms with Gasteiger partial charge in [-0.25, -0.2) is 9.97 Å². The molecule has 3 N–H and O–H groups in total. The van der Waals surface area contributed by atoms with Crippen molar-refractivity contribution in [2.75, 3.05) is 19.0 Å². The molecule has 84 valence electrons. The van der Waals surface area contributed by atoms with Gasteiger partial charge >= 0.3 is 0 Å². The highest BCUT2D eigenvalue weighted by molar-refractivity contribution is 5.47. The van der Waals surface area contributed by atoms with Crippen LogP contribution in [0.5, 0.6) is 5.88 Å². The SMILES string of the molecule is COc1ncnc(NCCC(C)N)c1C. The summed E-state index contributed by atoms with van der Waals surface area (Å²) in [7, 11) is 1.60. The van der Waals surface area contributed by atoms with Gasteiger partial charge in [-0.15, -0.1) is 0 Å². The molecule has 1 aromatic rings. The van der Waals surface area contributed by atoms with Gasteiger partial charge in [0, 0.05) is 12.6 Å². The Bertz CT molecular complexity index is 314. The van der Waals surface area contributed by atoms with E-state index < -0.39 is 0 Å². The Morgan fingerprint density at radius 3 is 2.87 bits per heavy atom. The molecule has 0 amide bonds. The van der Waals surface area contributed by atoms with E-state index in [1.54, 1.807) is 7.11 Å². The second kappa shape index (κ2) is 5.50. The maximum Gasteiger partial charge on any atom is 0.221 e. The highest BCUT2D eigenvalue weighted by atomic mass is 16.5. The maximum atomic E-state index is 5.65. The molecule has 0 aliphatic rings. The molecule has 0 aliphatic heterocycles. The van der Waals surface area contributed by atoms with Crippen molar-refractivity contribution >= 4 is 5.82 Å². The number of nitrogens with zero attached hydrogens (tertiary/aromatic N) is 2. The second-order valence-corrected chi connectivity index (χ2v) is 3.55. The summed E-state index contributed by atoms with van der Waals surface area (Å²) < 4.78 is 5.10. The normalized spacial score (nSPS) is 12.3. The van der Waals surface area contributed by atoms with Crippen LogP contribution in [-0.4, -0.2) is 29.7 Å². The highest BCUT2D eigenvalue weighted by Gasteiger charge is 2.06. The fourth-order valence-electron chi connectivity index (χ4n) is 1.24. The molecule has 0 saturated carbocycles. The molecule has 0 saturated heterocycles. The van der Waals surface area contributed by atoms with Gasteiger partial charge in [-0.3, -0.25) is 0 Å². The van der Waals surface area contributed by atoms with Crippen molar-refractivity contribution in [1.29, 1.82) is 0 Å². The molecule has 1 atom stereocenters. The minimum absolute atomic E-state index is 0.196. The average Bonchev–Trinajstić information content (AvgIpc) is 2.20. The fourth-order valence-corrected chi connectivity index (χ4v) is 1.24. The lowest BCUT2D eigenvalue weighted by atomic mass is 10.2. The van der Waals surface area contributed by atoms with Gasteiger partial charge in [-0.2, -0.15) is 0 Å². The summed E-state index contributed by atoms with van der Waals surface area (Å²) in [6, 6.07) is 0.196. The monoisotopic (exact) mass is 210 g/mol. The first-order valence-electron chi connectivity index (χ1n) is 5.00. The molecular weight excluding hydrogens is 192 g/mol. The summed E-state index contributed by atoms with van der Waals surface area (Å²) in [4.78, 5) is 8.14. The van der Waals surface area contributed by atoms with Crippen molar-refractivity contribution in [2.45, 2.75) is 26.3 Å². The minimum Gasteiger partial charge on any atom is -0.481 e. The van der Waals surface area contributed by atoms with Crippen LogP contribution in [0.25, 0.3) is 0 Å². The van der Waals surface area contributed by atoms with E-state index in [2.05, 4.69) is 15.3 Å². The molecule has 0 aliphatic carbocycles. The van der Waals surface area contributed by atoms with Crippen LogP contribution in [0.4, 0.5) is 5.82 Å². The van der Waals surface area contributed by atoms with Gasteiger partial charge in [0.05, 0.1) is 12.7 Å². The van der Waals surface area contributed by atoms with Crippen molar-refractivity contribution in [1.82, 2.24) is 9.97 Å². The fraction of sp³-hybridized carbons (Fsp3) is 0.600. The quantitative estimate of drug-likeness (QED) is 0.756. The van der Waals surface area contributed by atoms with Gasteiger partial charge in [0.15, 0.2) is 0 Å². The second-order valence-electron chi connectivity index (χ2n) is 3.55. The molecule has 0 spiro atoms. The largest absolute Gasteiger partial charge is 0.481 e. The first kappa shape index (κ1) is 11.7.